The first-order valence-corrected chi connectivity index (χ1v) is 7.65. The molecule has 1 nitrogen and oxygen atoms in total. The summed E-state index contributed by atoms with van der Waals surface area (Å²) in [6.45, 7) is 6.75. The largest absolute Gasteiger partial charge is 0.441 e. The number of hydrogen-bond donors (Lipinski definition) is 1. The predicted molar refractivity (Wildman–Crippen MR) is 79.8 cm³/mol. The molecule has 20 heavy (non-hydrogen) atoms. The van der Waals surface area contributed by atoms with Gasteiger partial charge in [0.05, 0.1) is 0 Å². The molecule has 0 spiro atoms. The first-order chi connectivity index (χ1) is 9.17. The molecule has 0 bridgehead atoms. The minimum atomic E-state index is -4.14. The Morgan fingerprint density at radius 3 is 2.20 bits per heavy atom. The second kappa shape index (κ2) is 7.36. The van der Waals surface area contributed by atoms with Gasteiger partial charge >= 0.3 is 5.51 Å². The lowest BCUT2D eigenvalue weighted by atomic mass is 9.85. The highest BCUT2D eigenvalue weighted by Gasteiger charge is 2.27. The maximum absolute atomic E-state index is 12.1. The topological polar surface area (TPSA) is 12.0 Å². The number of thioether (sulfide) groups is 1. The summed E-state index contributed by atoms with van der Waals surface area (Å²) in [6, 6.07) is 9.97. The number of alkyl halides is 3. The van der Waals surface area contributed by atoms with Crippen LogP contribution in [-0.4, -0.2) is 17.8 Å². The summed E-state index contributed by atoms with van der Waals surface area (Å²) >= 11 is 0.0262. The van der Waals surface area contributed by atoms with Gasteiger partial charge in [0.2, 0.25) is 0 Å². The van der Waals surface area contributed by atoms with E-state index in [9.17, 15) is 13.2 Å². The number of rotatable bonds is 6. The van der Waals surface area contributed by atoms with Crippen LogP contribution in [0.3, 0.4) is 0 Å². The summed E-state index contributed by atoms with van der Waals surface area (Å²) in [5.41, 5.74) is -2.90. The van der Waals surface area contributed by atoms with Gasteiger partial charge in [-0.25, -0.2) is 0 Å². The molecule has 0 amide bonds. The van der Waals surface area contributed by atoms with Crippen molar-refractivity contribution < 1.29 is 13.2 Å². The molecule has 1 atom stereocenters. The van der Waals surface area contributed by atoms with Crippen LogP contribution in [0.2, 0.25) is 0 Å². The zero-order chi connectivity index (χ0) is 15.2. The van der Waals surface area contributed by atoms with Crippen molar-refractivity contribution in [3.8, 4) is 0 Å². The van der Waals surface area contributed by atoms with Gasteiger partial charge in [0.25, 0.3) is 0 Å². The van der Waals surface area contributed by atoms with E-state index in [1.807, 2.05) is 30.3 Å². The Balaban J connectivity index is 2.56. The summed E-state index contributed by atoms with van der Waals surface area (Å²) in [4.78, 5) is 0. The molecule has 5 heteroatoms. The molecule has 0 heterocycles. The fourth-order valence-corrected chi connectivity index (χ4v) is 2.46. The van der Waals surface area contributed by atoms with Gasteiger partial charge < -0.3 is 5.32 Å². The van der Waals surface area contributed by atoms with Crippen molar-refractivity contribution in [3.63, 3.8) is 0 Å². The molecule has 1 aromatic rings. The van der Waals surface area contributed by atoms with Gasteiger partial charge in [0.1, 0.15) is 0 Å². The first kappa shape index (κ1) is 17.4. The molecular weight excluding hydrogens is 283 g/mol. The first-order valence-electron chi connectivity index (χ1n) is 6.66. The van der Waals surface area contributed by atoms with Crippen molar-refractivity contribution in [2.24, 2.45) is 5.41 Å². The van der Waals surface area contributed by atoms with Crippen LogP contribution in [0.4, 0.5) is 13.2 Å². The number of benzene rings is 1. The normalized spacial score (nSPS) is 14.3. The van der Waals surface area contributed by atoms with Crippen LogP contribution in [0.5, 0.6) is 0 Å². The van der Waals surface area contributed by atoms with Gasteiger partial charge in [-0.15, -0.1) is 0 Å². The Bertz CT molecular complexity index is 384. The summed E-state index contributed by atoms with van der Waals surface area (Å²) in [6.07, 6.45) is 0.883. The van der Waals surface area contributed by atoms with Crippen molar-refractivity contribution >= 4 is 11.8 Å². The van der Waals surface area contributed by atoms with E-state index in [1.54, 1.807) is 0 Å². The molecule has 0 saturated carbocycles. The molecule has 1 rings (SSSR count). The molecule has 0 radical (unpaired) electrons. The molecule has 1 N–H and O–H groups in total. The van der Waals surface area contributed by atoms with Crippen LogP contribution in [0.1, 0.15) is 38.8 Å². The van der Waals surface area contributed by atoms with Crippen molar-refractivity contribution in [1.82, 2.24) is 5.32 Å². The van der Waals surface area contributed by atoms with Crippen LogP contribution >= 0.6 is 11.8 Å². The molecule has 1 aromatic carbocycles. The molecule has 0 fully saturated rings. The fraction of sp³-hybridized carbons (Fsp3) is 0.600. The second-order valence-electron chi connectivity index (χ2n) is 5.98. The minimum Gasteiger partial charge on any atom is -0.309 e. The highest BCUT2D eigenvalue weighted by Crippen LogP contribution is 2.31. The third-order valence-electron chi connectivity index (χ3n) is 2.78. The molecule has 0 aromatic heterocycles. The Morgan fingerprint density at radius 2 is 1.70 bits per heavy atom. The highest BCUT2D eigenvalue weighted by molar-refractivity contribution is 8.00. The third-order valence-corrected chi connectivity index (χ3v) is 3.51. The highest BCUT2D eigenvalue weighted by atomic mass is 32.2. The average Bonchev–Trinajstić information content (AvgIpc) is 2.31. The van der Waals surface area contributed by atoms with Gasteiger partial charge in [-0.2, -0.15) is 13.2 Å². The number of nitrogens with one attached hydrogen (secondary N) is 1. The lowest BCUT2D eigenvalue weighted by Crippen LogP contribution is -2.28. The molecule has 0 aliphatic rings. The van der Waals surface area contributed by atoms with E-state index < -0.39 is 5.51 Å². The van der Waals surface area contributed by atoms with E-state index in [4.69, 9.17) is 0 Å². The molecule has 1 unspecified atom stereocenters. The number of hydrogen-bond acceptors (Lipinski definition) is 2. The third kappa shape index (κ3) is 7.80. The zero-order valence-corrected chi connectivity index (χ0v) is 12.9. The van der Waals surface area contributed by atoms with Crippen molar-refractivity contribution in [1.29, 1.82) is 0 Å². The maximum Gasteiger partial charge on any atom is 0.441 e. The van der Waals surface area contributed by atoms with Crippen LogP contribution < -0.4 is 5.32 Å². The van der Waals surface area contributed by atoms with Gasteiger partial charge in [0, 0.05) is 18.3 Å². The quantitative estimate of drug-likeness (QED) is 0.742. The van der Waals surface area contributed by atoms with E-state index in [0.717, 1.165) is 12.0 Å². The van der Waals surface area contributed by atoms with Gasteiger partial charge in [0.15, 0.2) is 0 Å². The lowest BCUT2D eigenvalue weighted by Gasteiger charge is -2.27. The average molecular weight is 305 g/mol. The Labute approximate surface area is 123 Å². The molecule has 0 saturated heterocycles. The lowest BCUT2D eigenvalue weighted by molar-refractivity contribution is -0.0327. The Morgan fingerprint density at radius 1 is 1.10 bits per heavy atom. The summed E-state index contributed by atoms with van der Waals surface area (Å²) in [5.74, 6) is 0.0387. The van der Waals surface area contributed by atoms with Crippen LogP contribution in [0.25, 0.3) is 0 Å². The van der Waals surface area contributed by atoms with Crippen molar-refractivity contribution in [3.05, 3.63) is 35.9 Å². The van der Waals surface area contributed by atoms with Gasteiger partial charge in [-0.05, 0) is 29.2 Å². The standard InChI is InChI=1S/C15H22F3NS/c1-14(2,3)11-13(12-7-5-4-6-8-12)19-9-10-20-15(16,17)18/h4-8,13,19H,9-11H2,1-3H3. The van der Waals surface area contributed by atoms with Crippen LogP contribution in [0, 0.1) is 5.41 Å². The summed E-state index contributed by atoms with van der Waals surface area (Å²) in [5, 5.41) is 3.24. The second-order valence-corrected chi connectivity index (χ2v) is 7.14. The molecule has 0 aliphatic carbocycles. The summed E-state index contributed by atoms with van der Waals surface area (Å²) < 4.78 is 36.3. The van der Waals surface area contributed by atoms with Gasteiger partial charge in [-0.3, -0.25) is 0 Å². The van der Waals surface area contributed by atoms with Gasteiger partial charge in [-0.1, -0.05) is 51.1 Å². The van der Waals surface area contributed by atoms with E-state index in [1.165, 1.54) is 0 Å². The van der Waals surface area contributed by atoms with Crippen LogP contribution in [0.15, 0.2) is 30.3 Å². The van der Waals surface area contributed by atoms with E-state index in [2.05, 4.69) is 26.1 Å². The predicted octanol–water partition coefficient (Wildman–Crippen LogP) is 5.01. The zero-order valence-electron chi connectivity index (χ0n) is 12.1. The Hall–Kier alpha value is -0.680. The van der Waals surface area contributed by atoms with E-state index >= 15 is 0 Å². The smallest absolute Gasteiger partial charge is 0.309 e. The SMILES string of the molecule is CC(C)(C)CC(NCCSC(F)(F)F)c1ccccc1. The maximum atomic E-state index is 12.1. The minimum absolute atomic E-state index is 0.0262. The molecular formula is C15H22F3NS. The number of halogens is 3. The van der Waals surface area contributed by atoms with E-state index in [-0.39, 0.29) is 29.0 Å². The Kier molecular flexibility index (Phi) is 6.40. The molecule has 0 aliphatic heterocycles. The van der Waals surface area contributed by atoms with Crippen LogP contribution in [-0.2, 0) is 0 Å². The summed E-state index contributed by atoms with van der Waals surface area (Å²) in [7, 11) is 0. The van der Waals surface area contributed by atoms with E-state index in [0.29, 0.717) is 6.54 Å². The molecule has 114 valence electrons. The van der Waals surface area contributed by atoms with Crippen molar-refractivity contribution in [2.75, 3.05) is 12.3 Å². The fourth-order valence-electron chi connectivity index (χ4n) is 2.01. The van der Waals surface area contributed by atoms with Crippen molar-refractivity contribution in [2.45, 2.75) is 38.7 Å². The monoisotopic (exact) mass is 305 g/mol.